The summed E-state index contributed by atoms with van der Waals surface area (Å²) in [7, 11) is -3.74. The third-order valence-corrected chi connectivity index (χ3v) is 5.23. The number of anilines is 2. The maximum Gasteiger partial charge on any atom is 0.238 e. The molecule has 0 unspecified atom stereocenters. The van der Waals surface area contributed by atoms with Gasteiger partial charge in [0.1, 0.15) is 16.7 Å². The van der Waals surface area contributed by atoms with Gasteiger partial charge in [0.2, 0.25) is 10.0 Å². The van der Waals surface area contributed by atoms with Crippen LogP contribution in [0.4, 0.5) is 11.4 Å². The molecular weight excluding hydrogens is 356 g/mol. The molecule has 0 saturated carbocycles. The second kappa shape index (κ2) is 6.72. The molecule has 8 heteroatoms. The minimum absolute atomic E-state index is 0.0305. The molecule has 1 heterocycles. The second-order valence-corrected chi connectivity index (χ2v) is 7.55. The number of para-hydroxylation sites is 1. The summed E-state index contributed by atoms with van der Waals surface area (Å²) < 4.78 is 22.7. The Morgan fingerprint density at radius 2 is 1.84 bits per heavy atom. The Hall–Kier alpha value is -2.60. The van der Waals surface area contributed by atoms with E-state index >= 15 is 0 Å². The standard InChI is InChI=1S/C17H14N4O2S2/c1-24-17-14(10-18)16(13-4-2-3-5-15(13)21-17)20-11-6-8-12(9-7-11)25(19,22)23/h2-9H,1H3,(H,20,21)(H2,19,22,23). The summed E-state index contributed by atoms with van der Waals surface area (Å²) >= 11 is 1.40. The van der Waals surface area contributed by atoms with Gasteiger partial charge < -0.3 is 5.32 Å². The minimum atomic E-state index is -3.74. The number of benzene rings is 2. The van der Waals surface area contributed by atoms with Gasteiger partial charge in [-0.05, 0) is 36.6 Å². The van der Waals surface area contributed by atoms with E-state index in [0.717, 1.165) is 10.9 Å². The lowest BCUT2D eigenvalue weighted by Crippen LogP contribution is -2.11. The van der Waals surface area contributed by atoms with Gasteiger partial charge in [0.05, 0.1) is 16.1 Å². The van der Waals surface area contributed by atoms with Gasteiger partial charge in [0.15, 0.2) is 0 Å². The van der Waals surface area contributed by atoms with Crippen molar-refractivity contribution < 1.29 is 8.42 Å². The number of rotatable bonds is 4. The number of hydrogen-bond acceptors (Lipinski definition) is 6. The molecule has 3 aromatic rings. The van der Waals surface area contributed by atoms with E-state index in [9.17, 15) is 13.7 Å². The fourth-order valence-electron chi connectivity index (χ4n) is 2.44. The summed E-state index contributed by atoms with van der Waals surface area (Å²) in [6.45, 7) is 0. The number of aromatic nitrogens is 1. The van der Waals surface area contributed by atoms with Crippen LogP contribution < -0.4 is 10.5 Å². The molecule has 6 nitrogen and oxygen atoms in total. The number of sulfonamides is 1. The number of pyridine rings is 1. The number of thioether (sulfide) groups is 1. The summed E-state index contributed by atoms with van der Waals surface area (Å²) in [5.74, 6) is 0. The third kappa shape index (κ3) is 3.44. The van der Waals surface area contributed by atoms with Crippen molar-refractivity contribution in [1.82, 2.24) is 4.98 Å². The number of fused-ring (bicyclic) bond motifs is 1. The SMILES string of the molecule is CSc1nc2ccccc2c(Nc2ccc(S(N)(=O)=O)cc2)c1C#N. The van der Waals surface area contributed by atoms with Gasteiger partial charge in [0, 0.05) is 11.1 Å². The molecule has 0 aliphatic heterocycles. The average Bonchev–Trinajstić information content (AvgIpc) is 2.61. The number of nitrogens with one attached hydrogen (secondary N) is 1. The van der Waals surface area contributed by atoms with Gasteiger partial charge in [-0.15, -0.1) is 11.8 Å². The predicted molar refractivity (Wildman–Crippen MR) is 99.3 cm³/mol. The lowest BCUT2D eigenvalue weighted by molar-refractivity contribution is 0.598. The Bertz CT molecular complexity index is 1090. The number of nitrogens with zero attached hydrogens (tertiary/aromatic N) is 2. The zero-order chi connectivity index (χ0) is 18.0. The van der Waals surface area contributed by atoms with Crippen molar-refractivity contribution in [3.63, 3.8) is 0 Å². The molecule has 25 heavy (non-hydrogen) atoms. The van der Waals surface area contributed by atoms with E-state index in [4.69, 9.17) is 5.14 Å². The largest absolute Gasteiger partial charge is 0.354 e. The first-order valence-electron chi connectivity index (χ1n) is 7.21. The van der Waals surface area contributed by atoms with Crippen molar-refractivity contribution in [3.05, 3.63) is 54.1 Å². The van der Waals surface area contributed by atoms with Crippen molar-refractivity contribution in [1.29, 1.82) is 5.26 Å². The lowest BCUT2D eigenvalue weighted by atomic mass is 10.1. The topological polar surface area (TPSA) is 109 Å². The van der Waals surface area contributed by atoms with Crippen LogP contribution in [0.5, 0.6) is 0 Å². The first-order chi connectivity index (χ1) is 11.9. The van der Waals surface area contributed by atoms with E-state index in [-0.39, 0.29) is 4.90 Å². The first-order valence-corrected chi connectivity index (χ1v) is 9.98. The first kappa shape index (κ1) is 17.2. The Labute approximate surface area is 149 Å². The van der Waals surface area contributed by atoms with E-state index in [1.807, 2.05) is 30.5 Å². The molecule has 0 aliphatic rings. The highest BCUT2D eigenvalue weighted by molar-refractivity contribution is 7.98. The molecular formula is C17H14N4O2S2. The molecule has 126 valence electrons. The normalized spacial score (nSPS) is 11.2. The van der Waals surface area contributed by atoms with Gasteiger partial charge in [-0.3, -0.25) is 0 Å². The van der Waals surface area contributed by atoms with Crippen molar-refractivity contribution in [2.75, 3.05) is 11.6 Å². The summed E-state index contributed by atoms with van der Waals surface area (Å²) in [4.78, 5) is 4.55. The number of nitriles is 1. The predicted octanol–water partition coefficient (Wildman–Crippen LogP) is 3.22. The van der Waals surface area contributed by atoms with Crippen LogP contribution in [0.1, 0.15) is 5.56 Å². The Balaban J connectivity index is 2.13. The quantitative estimate of drug-likeness (QED) is 0.683. The zero-order valence-corrected chi connectivity index (χ0v) is 14.9. The molecule has 0 spiro atoms. The molecule has 0 saturated heterocycles. The average molecular weight is 370 g/mol. The minimum Gasteiger partial charge on any atom is -0.354 e. The molecule has 3 N–H and O–H groups in total. The molecule has 0 aliphatic carbocycles. The molecule has 2 aromatic carbocycles. The van der Waals surface area contributed by atoms with E-state index in [2.05, 4.69) is 16.4 Å². The fraction of sp³-hybridized carbons (Fsp3) is 0.0588. The van der Waals surface area contributed by atoms with Crippen molar-refractivity contribution in [2.45, 2.75) is 9.92 Å². The van der Waals surface area contributed by atoms with Gasteiger partial charge in [-0.25, -0.2) is 18.5 Å². The highest BCUT2D eigenvalue weighted by atomic mass is 32.2. The van der Waals surface area contributed by atoms with Crippen LogP contribution >= 0.6 is 11.8 Å². The summed E-state index contributed by atoms with van der Waals surface area (Å²) in [6.07, 6.45) is 1.86. The Morgan fingerprint density at radius 3 is 2.44 bits per heavy atom. The molecule has 0 fully saturated rings. The van der Waals surface area contributed by atoms with E-state index < -0.39 is 10.0 Å². The van der Waals surface area contributed by atoms with Gasteiger partial charge in [0.25, 0.3) is 0 Å². The van der Waals surface area contributed by atoms with Crippen molar-refractivity contribution in [3.8, 4) is 6.07 Å². The highest BCUT2D eigenvalue weighted by Gasteiger charge is 2.15. The zero-order valence-electron chi connectivity index (χ0n) is 13.2. The lowest BCUT2D eigenvalue weighted by Gasteiger charge is -2.14. The smallest absolute Gasteiger partial charge is 0.238 e. The van der Waals surface area contributed by atoms with Gasteiger partial charge >= 0.3 is 0 Å². The molecule has 0 radical (unpaired) electrons. The fourth-order valence-corrected chi connectivity index (χ4v) is 3.50. The number of hydrogen-bond donors (Lipinski definition) is 2. The molecule has 0 bridgehead atoms. The monoisotopic (exact) mass is 370 g/mol. The second-order valence-electron chi connectivity index (χ2n) is 5.19. The molecule has 0 atom stereocenters. The van der Waals surface area contributed by atoms with Crippen LogP contribution in [0.2, 0.25) is 0 Å². The van der Waals surface area contributed by atoms with E-state index in [1.54, 1.807) is 12.1 Å². The summed E-state index contributed by atoms with van der Waals surface area (Å²) in [5, 5.41) is 19.3. The van der Waals surface area contributed by atoms with Crippen LogP contribution in [0, 0.1) is 11.3 Å². The maximum atomic E-state index is 11.4. The summed E-state index contributed by atoms with van der Waals surface area (Å²) in [6, 6.07) is 15.8. The van der Waals surface area contributed by atoms with Crippen LogP contribution in [0.3, 0.4) is 0 Å². The number of nitrogens with two attached hydrogens (primary N) is 1. The van der Waals surface area contributed by atoms with Crippen molar-refractivity contribution >= 4 is 44.1 Å². The van der Waals surface area contributed by atoms with Crippen LogP contribution in [-0.2, 0) is 10.0 Å². The van der Waals surface area contributed by atoms with E-state index in [1.165, 1.54) is 23.9 Å². The molecule has 1 aromatic heterocycles. The third-order valence-electron chi connectivity index (χ3n) is 3.62. The molecule has 0 amide bonds. The Morgan fingerprint density at radius 1 is 1.16 bits per heavy atom. The number of primary sulfonamides is 1. The molecule has 3 rings (SSSR count). The van der Waals surface area contributed by atoms with Crippen LogP contribution in [0.25, 0.3) is 10.9 Å². The highest BCUT2D eigenvalue weighted by Crippen LogP contribution is 2.34. The summed E-state index contributed by atoms with van der Waals surface area (Å²) in [5.41, 5.74) is 2.50. The van der Waals surface area contributed by atoms with Crippen molar-refractivity contribution in [2.24, 2.45) is 5.14 Å². The van der Waals surface area contributed by atoms with Crippen LogP contribution in [-0.4, -0.2) is 19.7 Å². The maximum absolute atomic E-state index is 11.4. The van der Waals surface area contributed by atoms with Gasteiger partial charge in [-0.2, -0.15) is 5.26 Å². The van der Waals surface area contributed by atoms with E-state index in [0.29, 0.717) is 22.0 Å². The Kier molecular flexibility index (Phi) is 4.63. The van der Waals surface area contributed by atoms with Crippen LogP contribution in [0.15, 0.2) is 58.5 Å². The van der Waals surface area contributed by atoms with Gasteiger partial charge in [-0.1, -0.05) is 18.2 Å².